The van der Waals surface area contributed by atoms with Gasteiger partial charge in [-0.15, -0.1) is 10.2 Å². The highest BCUT2D eigenvalue weighted by Crippen LogP contribution is 2.23. The molecule has 0 unspecified atom stereocenters. The van der Waals surface area contributed by atoms with Crippen molar-refractivity contribution in [3.05, 3.63) is 76.3 Å². The maximum absolute atomic E-state index is 12.3. The largest absolute Gasteiger partial charge is 0.423 e. The molecule has 0 N–H and O–H groups in total. The van der Waals surface area contributed by atoms with Crippen LogP contribution < -0.4 is 4.74 Å². The minimum atomic E-state index is -0.521. The van der Waals surface area contributed by atoms with Crippen molar-refractivity contribution in [2.75, 3.05) is 0 Å². The molecule has 2 heterocycles. The molecule has 0 bridgehead atoms. The molecule has 30 heavy (non-hydrogen) atoms. The molecule has 6 nitrogen and oxygen atoms in total. The molecule has 1 aliphatic rings. The number of aryl methyl sites for hydroxylation is 1. The van der Waals surface area contributed by atoms with Crippen LogP contribution in [0.25, 0.3) is 11.6 Å². The summed E-state index contributed by atoms with van der Waals surface area (Å²) < 4.78 is 7.44. The van der Waals surface area contributed by atoms with E-state index in [9.17, 15) is 10.1 Å². The smallest absolute Gasteiger partial charge is 0.345 e. The number of nitrogens with zero attached hydrogens (tertiary/aromatic N) is 4. The first-order valence-corrected chi connectivity index (χ1v) is 10.1. The first-order valence-electron chi connectivity index (χ1n) is 9.77. The number of hydrogen-bond acceptors (Lipinski definition) is 5. The van der Waals surface area contributed by atoms with Gasteiger partial charge in [0.1, 0.15) is 17.6 Å². The lowest BCUT2D eigenvalue weighted by atomic mass is 10.1. The number of benzene rings is 2. The zero-order valence-electron chi connectivity index (χ0n) is 16.2. The number of nitriles is 1. The number of esters is 1. The summed E-state index contributed by atoms with van der Waals surface area (Å²) in [7, 11) is 0. The number of hydrogen-bond donors (Lipinski definition) is 0. The zero-order chi connectivity index (χ0) is 20.9. The summed E-state index contributed by atoms with van der Waals surface area (Å²) in [5.41, 5.74) is 1.56. The second-order valence-electron chi connectivity index (χ2n) is 7.01. The maximum Gasteiger partial charge on any atom is 0.345 e. The number of carbonyl (C=O) groups excluding carboxylic acids is 1. The molecule has 0 saturated carbocycles. The average molecular weight is 419 g/mol. The molecular weight excluding hydrogens is 400 g/mol. The second kappa shape index (κ2) is 8.93. The van der Waals surface area contributed by atoms with Crippen LogP contribution in [0.3, 0.4) is 0 Å². The fraction of sp³-hybridized carbons (Fsp3) is 0.217. The molecule has 1 aromatic heterocycles. The molecular formula is C23H19ClN4O2. The molecule has 150 valence electrons. The fourth-order valence-corrected chi connectivity index (χ4v) is 3.63. The van der Waals surface area contributed by atoms with Crippen molar-refractivity contribution in [1.82, 2.24) is 14.8 Å². The predicted octanol–water partition coefficient (Wildman–Crippen LogP) is 4.94. The van der Waals surface area contributed by atoms with Crippen LogP contribution in [0.1, 0.15) is 46.8 Å². The monoisotopic (exact) mass is 418 g/mol. The van der Waals surface area contributed by atoms with Gasteiger partial charge in [0.15, 0.2) is 5.82 Å². The Bertz CT molecular complexity index is 1140. The van der Waals surface area contributed by atoms with Crippen molar-refractivity contribution < 1.29 is 9.53 Å². The van der Waals surface area contributed by atoms with E-state index in [2.05, 4.69) is 16.3 Å². The van der Waals surface area contributed by atoms with Crippen molar-refractivity contribution in [2.45, 2.75) is 32.2 Å². The third kappa shape index (κ3) is 4.27. The van der Waals surface area contributed by atoms with Gasteiger partial charge in [-0.2, -0.15) is 5.26 Å². The summed E-state index contributed by atoms with van der Waals surface area (Å²) in [6.45, 7) is 0.827. The number of carbonyl (C=O) groups is 1. The molecule has 4 rings (SSSR count). The predicted molar refractivity (Wildman–Crippen MR) is 114 cm³/mol. The van der Waals surface area contributed by atoms with E-state index in [0.29, 0.717) is 27.7 Å². The highest BCUT2D eigenvalue weighted by Gasteiger charge is 2.18. The number of ether oxygens (including phenoxy) is 1. The van der Waals surface area contributed by atoms with E-state index in [1.807, 2.05) is 4.57 Å². The Kier molecular flexibility index (Phi) is 5.92. The minimum absolute atomic E-state index is 0.308. The van der Waals surface area contributed by atoms with Gasteiger partial charge in [-0.1, -0.05) is 42.3 Å². The summed E-state index contributed by atoms with van der Waals surface area (Å²) in [5.74, 6) is 1.41. The first-order chi connectivity index (χ1) is 14.7. The lowest BCUT2D eigenvalue weighted by molar-refractivity contribution is 0.0735. The fourth-order valence-electron chi connectivity index (χ4n) is 3.42. The first kappa shape index (κ1) is 19.9. The van der Waals surface area contributed by atoms with Gasteiger partial charge in [0.05, 0.1) is 16.2 Å². The average Bonchev–Trinajstić information content (AvgIpc) is 3.01. The topological polar surface area (TPSA) is 80.8 Å². The Morgan fingerprint density at radius 2 is 1.90 bits per heavy atom. The molecule has 0 spiro atoms. The molecule has 0 amide bonds. The van der Waals surface area contributed by atoms with Gasteiger partial charge in [0.2, 0.25) is 0 Å². The molecule has 0 saturated heterocycles. The summed E-state index contributed by atoms with van der Waals surface area (Å²) in [5, 5.41) is 18.5. The quantitative estimate of drug-likeness (QED) is 0.340. The Morgan fingerprint density at radius 1 is 1.10 bits per heavy atom. The zero-order valence-corrected chi connectivity index (χ0v) is 17.0. The van der Waals surface area contributed by atoms with Gasteiger partial charge in [0, 0.05) is 13.0 Å². The van der Waals surface area contributed by atoms with Gasteiger partial charge in [0.25, 0.3) is 0 Å². The van der Waals surface area contributed by atoms with Gasteiger partial charge in [-0.05, 0) is 48.7 Å². The van der Waals surface area contributed by atoms with Crippen LogP contribution >= 0.6 is 11.6 Å². The van der Waals surface area contributed by atoms with Gasteiger partial charge in [-0.25, -0.2) is 4.79 Å². The standard InChI is InChI=1S/C23H19ClN4O2/c24-20-7-4-3-6-19(20)23(29)30-18-11-9-16(10-12-18)14-17(15-25)22-27-26-21-8-2-1-5-13-28(21)22/h3-4,6-7,9-12,14H,1-2,5,8,13H2. The normalized spacial score (nSPS) is 13.8. The number of halogens is 1. The molecule has 0 atom stereocenters. The number of fused-ring (bicyclic) bond motifs is 1. The van der Waals surface area contributed by atoms with E-state index < -0.39 is 5.97 Å². The van der Waals surface area contributed by atoms with E-state index in [1.54, 1.807) is 54.6 Å². The number of rotatable bonds is 4. The second-order valence-corrected chi connectivity index (χ2v) is 7.42. The third-order valence-electron chi connectivity index (χ3n) is 4.97. The van der Waals surface area contributed by atoms with Crippen molar-refractivity contribution in [3.63, 3.8) is 0 Å². The maximum atomic E-state index is 12.3. The van der Waals surface area contributed by atoms with Crippen LogP contribution in [0.4, 0.5) is 0 Å². The summed E-state index contributed by atoms with van der Waals surface area (Å²) in [6.07, 6.45) is 5.96. The highest BCUT2D eigenvalue weighted by atomic mass is 35.5. The van der Waals surface area contributed by atoms with E-state index >= 15 is 0 Å². The summed E-state index contributed by atoms with van der Waals surface area (Å²) in [6, 6.07) is 15.9. The van der Waals surface area contributed by atoms with Crippen molar-refractivity contribution in [1.29, 1.82) is 5.26 Å². The lowest BCUT2D eigenvalue weighted by Crippen LogP contribution is -2.08. The van der Waals surface area contributed by atoms with Crippen LogP contribution in [0.5, 0.6) is 5.75 Å². The van der Waals surface area contributed by atoms with Crippen LogP contribution in [0, 0.1) is 11.3 Å². The van der Waals surface area contributed by atoms with Crippen LogP contribution in [-0.2, 0) is 13.0 Å². The Hall–Kier alpha value is -3.43. The van der Waals surface area contributed by atoms with E-state index in [4.69, 9.17) is 16.3 Å². The van der Waals surface area contributed by atoms with Gasteiger partial charge < -0.3 is 9.30 Å². The third-order valence-corrected chi connectivity index (χ3v) is 5.30. The van der Waals surface area contributed by atoms with Gasteiger partial charge >= 0.3 is 5.97 Å². The molecule has 2 aromatic carbocycles. The summed E-state index contributed by atoms with van der Waals surface area (Å²) in [4.78, 5) is 12.3. The van der Waals surface area contributed by atoms with E-state index in [-0.39, 0.29) is 0 Å². The number of aromatic nitrogens is 3. The lowest BCUT2D eigenvalue weighted by Gasteiger charge is -2.07. The Labute approximate surface area is 179 Å². The van der Waals surface area contributed by atoms with Crippen LogP contribution in [-0.4, -0.2) is 20.7 Å². The van der Waals surface area contributed by atoms with Crippen LogP contribution in [0.2, 0.25) is 5.02 Å². The molecule has 7 heteroatoms. The molecule has 1 aliphatic heterocycles. The van der Waals surface area contributed by atoms with Gasteiger partial charge in [-0.3, -0.25) is 0 Å². The minimum Gasteiger partial charge on any atom is -0.423 e. The van der Waals surface area contributed by atoms with Crippen molar-refractivity contribution >= 4 is 29.2 Å². The Morgan fingerprint density at radius 3 is 2.67 bits per heavy atom. The molecule has 3 aromatic rings. The Balaban J connectivity index is 1.53. The molecule has 0 radical (unpaired) electrons. The van der Waals surface area contributed by atoms with Crippen molar-refractivity contribution in [2.24, 2.45) is 0 Å². The molecule has 0 fully saturated rings. The highest BCUT2D eigenvalue weighted by molar-refractivity contribution is 6.33. The SMILES string of the molecule is N#CC(=Cc1ccc(OC(=O)c2ccccc2Cl)cc1)c1nnc2n1CCCCC2. The van der Waals surface area contributed by atoms with E-state index in [0.717, 1.165) is 43.6 Å². The molecule has 0 aliphatic carbocycles. The van der Waals surface area contributed by atoms with E-state index in [1.165, 1.54) is 0 Å². The summed E-state index contributed by atoms with van der Waals surface area (Å²) >= 11 is 6.04. The number of allylic oxidation sites excluding steroid dienone is 1. The van der Waals surface area contributed by atoms with Crippen LogP contribution in [0.15, 0.2) is 48.5 Å². The van der Waals surface area contributed by atoms with Crippen molar-refractivity contribution in [3.8, 4) is 11.8 Å².